The number of nitrogens with one attached hydrogen (secondary N) is 1. The summed E-state index contributed by atoms with van der Waals surface area (Å²) in [6, 6.07) is 19.3. The van der Waals surface area contributed by atoms with E-state index in [0.717, 1.165) is 34.0 Å². The van der Waals surface area contributed by atoms with Crippen LogP contribution in [0.3, 0.4) is 0 Å². The molecule has 0 spiro atoms. The SMILES string of the molecule is Cc1noc(C)c1C(=O)Nc1ccc(-c2cccc(-c3ccc4c(c3)OCCO4)n2)cc1. The second-order valence-corrected chi connectivity index (χ2v) is 7.50. The van der Waals surface area contributed by atoms with Crippen molar-refractivity contribution in [2.75, 3.05) is 18.5 Å². The molecule has 0 radical (unpaired) electrons. The molecule has 0 aliphatic carbocycles. The van der Waals surface area contributed by atoms with E-state index in [1.54, 1.807) is 13.8 Å². The minimum absolute atomic E-state index is 0.243. The smallest absolute Gasteiger partial charge is 0.261 e. The van der Waals surface area contributed by atoms with Crippen molar-refractivity contribution in [3.05, 3.63) is 77.7 Å². The molecule has 7 nitrogen and oxygen atoms in total. The van der Waals surface area contributed by atoms with E-state index in [-0.39, 0.29) is 5.91 Å². The summed E-state index contributed by atoms with van der Waals surface area (Å²) in [5, 5.41) is 6.72. The summed E-state index contributed by atoms with van der Waals surface area (Å²) in [5.74, 6) is 1.74. The van der Waals surface area contributed by atoms with Crippen molar-refractivity contribution in [3.8, 4) is 34.0 Å². The summed E-state index contributed by atoms with van der Waals surface area (Å²) in [7, 11) is 0. The molecule has 2 aromatic heterocycles. The van der Waals surface area contributed by atoms with Crippen molar-refractivity contribution in [2.45, 2.75) is 13.8 Å². The third-order valence-electron chi connectivity index (χ3n) is 5.29. The molecule has 0 saturated carbocycles. The standard InChI is InChI=1S/C25H21N3O4/c1-15-24(16(2)32-28-15)25(29)26-19-9-6-17(7-10-19)20-4-3-5-21(27-20)18-8-11-22-23(14-18)31-13-12-30-22/h3-11,14H,12-13H2,1-2H3,(H,26,29). The minimum atomic E-state index is -0.243. The number of fused-ring (bicyclic) bond motifs is 1. The van der Waals surface area contributed by atoms with Gasteiger partial charge >= 0.3 is 0 Å². The van der Waals surface area contributed by atoms with Gasteiger partial charge in [0.1, 0.15) is 24.5 Å². The Morgan fingerprint density at radius 3 is 2.28 bits per heavy atom. The number of hydrogen-bond donors (Lipinski definition) is 1. The largest absolute Gasteiger partial charge is 0.486 e. The molecule has 4 aromatic rings. The van der Waals surface area contributed by atoms with Crippen LogP contribution in [0.25, 0.3) is 22.5 Å². The predicted molar refractivity (Wildman–Crippen MR) is 120 cm³/mol. The van der Waals surface area contributed by atoms with Gasteiger partial charge in [0, 0.05) is 16.8 Å². The van der Waals surface area contributed by atoms with Crippen LogP contribution in [0.5, 0.6) is 11.5 Å². The molecular formula is C25H21N3O4. The molecule has 0 fully saturated rings. The van der Waals surface area contributed by atoms with Gasteiger partial charge in [-0.2, -0.15) is 0 Å². The van der Waals surface area contributed by atoms with Crippen molar-refractivity contribution in [3.63, 3.8) is 0 Å². The molecule has 160 valence electrons. The van der Waals surface area contributed by atoms with E-state index in [1.807, 2.05) is 60.7 Å². The maximum Gasteiger partial charge on any atom is 0.261 e. The Bertz CT molecular complexity index is 1280. The highest BCUT2D eigenvalue weighted by Gasteiger charge is 2.17. The molecule has 0 atom stereocenters. The normalized spacial score (nSPS) is 12.4. The first-order valence-corrected chi connectivity index (χ1v) is 10.3. The number of ether oxygens (including phenoxy) is 2. The Morgan fingerprint density at radius 1 is 0.875 bits per heavy atom. The van der Waals surface area contributed by atoms with Crippen molar-refractivity contribution in [1.29, 1.82) is 0 Å². The highest BCUT2D eigenvalue weighted by molar-refractivity contribution is 6.05. The Morgan fingerprint density at radius 2 is 1.56 bits per heavy atom. The Balaban J connectivity index is 1.36. The fraction of sp³-hybridized carbons (Fsp3) is 0.160. The van der Waals surface area contributed by atoms with Crippen molar-refractivity contribution >= 4 is 11.6 Å². The Hall–Kier alpha value is -4.13. The lowest BCUT2D eigenvalue weighted by Gasteiger charge is -2.18. The number of pyridine rings is 1. The first kappa shape index (κ1) is 19.8. The summed E-state index contributed by atoms with van der Waals surface area (Å²) in [6.07, 6.45) is 0. The topological polar surface area (TPSA) is 86.5 Å². The van der Waals surface area contributed by atoms with Crippen molar-refractivity contribution in [2.24, 2.45) is 0 Å². The molecule has 0 unspecified atom stereocenters. The van der Waals surface area contributed by atoms with E-state index >= 15 is 0 Å². The zero-order valence-corrected chi connectivity index (χ0v) is 17.7. The van der Waals surface area contributed by atoms with E-state index in [2.05, 4.69) is 10.5 Å². The van der Waals surface area contributed by atoms with Crippen LogP contribution >= 0.6 is 0 Å². The van der Waals surface area contributed by atoms with Gasteiger partial charge in [0.05, 0.1) is 17.1 Å². The summed E-state index contributed by atoms with van der Waals surface area (Å²) in [5.41, 5.74) is 5.29. The zero-order chi connectivity index (χ0) is 22.1. The molecular weight excluding hydrogens is 406 g/mol. The molecule has 7 heteroatoms. The van der Waals surface area contributed by atoms with Gasteiger partial charge < -0.3 is 19.3 Å². The molecule has 1 aliphatic rings. The van der Waals surface area contributed by atoms with Crippen LogP contribution in [-0.4, -0.2) is 29.3 Å². The molecule has 0 bridgehead atoms. The van der Waals surface area contributed by atoms with Crippen LogP contribution in [0.15, 0.2) is 65.2 Å². The molecule has 1 amide bonds. The number of carbonyl (C=O) groups is 1. The number of hydrogen-bond acceptors (Lipinski definition) is 6. The average molecular weight is 427 g/mol. The maximum atomic E-state index is 12.5. The lowest BCUT2D eigenvalue weighted by atomic mass is 10.1. The van der Waals surface area contributed by atoms with Gasteiger partial charge in [-0.1, -0.05) is 23.4 Å². The number of amides is 1. The van der Waals surface area contributed by atoms with Gasteiger partial charge in [-0.25, -0.2) is 4.98 Å². The van der Waals surface area contributed by atoms with Gasteiger partial charge in [0.15, 0.2) is 11.5 Å². The number of rotatable bonds is 4. The second kappa shape index (κ2) is 8.19. The van der Waals surface area contributed by atoms with Crippen LogP contribution in [0, 0.1) is 13.8 Å². The van der Waals surface area contributed by atoms with Crippen LogP contribution in [0.2, 0.25) is 0 Å². The number of benzene rings is 2. The summed E-state index contributed by atoms with van der Waals surface area (Å²) in [6.45, 7) is 4.57. The third kappa shape index (κ3) is 3.80. The van der Waals surface area contributed by atoms with Gasteiger partial charge in [-0.3, -0.25) is 4.79 Å². The molecule has 32 heavy (non-hydrogen) atoms. The molecule has 3 heterocycles. The Kier molecular flexibility index (Phi) is 5.07. The van der Waals surface area contributed by atoms with Crippen molar-refractivity contribution < 1.29 is 18.8 Å². The van der Waals surface area contributed by atoms with E-state index in [9.17, 15) is 4.79 Å². The van der Waals surface area contributed by atoms with Crippen LogP contribution in [-0.2, 0) is 0 Å². The van der Waals surface area contributed by atoms with Gasteiger partial charge in [0.25, 0.3) is 5.91 Å². The first-order chi connectivity index (χ1) is 15.6. The van der Waals surface area contributed by atoms with E-state index < -0.39 is 0 Å². The molecule has 0 saturated heterocycles. The third-order valence-corrected chi connectivity index (χ3v) is 5.29. The first-order valence-electron chi connectivity index (χ1n) is 10.3. The van der Waals surface area contributed by atoms with Gasteiger partial charge in [-0.05, 0) is 56.3 Å². The highest BCUT2D eigenvalue weighted by Crippen LogP contribution is 2.34. The summed E-state index contributed by atoms with van der Waals surface area (Å²) in [4.78, 5) is 17.3. The number of nitrogens with zero attached hydrogens (tertiary/aromatic N) is 2. The fourth-order valence-electron chi connectivity index (χ4n) is 3.68. The summed E-state index contributed by atoms with van der Waals surface area (Å²) >= 11 is 0. The Labute approximate surface area is 185 Å². The minimum Gasteiger partial charge on any atom is -0.486 e. The second-order valence-electron chi connectivity index (χ2n) is 7.50. The summed E-state index contributed by atoms with van der Waals surface area (Å²) < 4.78 is 16.4. The van der Waals surface area contributed by atoms with Gasteiger partial charge in [0.2, 0.25) is 0 Å². The van der Waals surface area contributed by atoms with Crippen molar-refractivity contribution in [1.82, 2.24) is 10.1 Å². The molecule has 1 N–H and O–H groups in total. The van der Waals surface area contributed by atoms with Crippen LogP contribution in [0.4, 0.5) is 5.69 Å². The number of aryl methyl sites for hydroxylation is 2. The number of anilines is 1. The lowest BCUT2D eigenvalue weighted by Crippen LogP contribution is -2.15. The maximum absolute atomic E-state index is 12.5. The van der Waals surface area contributed by atoms with Gasteiger partial charge in [-0.15, -0.1) is 0 Å². The van der Waals surface area contributed by atoms with E-state index in [0.29, 0.717) is 35.9 Å². The molecule has 1 aliphatic heterocycles. The zero-order valence-electron chi connectivity index (χ0n) is 17.7. The quantitative estimate of drug-likeness (QED) is 0.491. The van der Waals surface area contributed by atoms with Crippen LogP contribution in [0.1, 0.15) is 21.8 Å². The number of aromatic nitrogens is 2. The molecule has 5 rings (SSSR count). The predicted octanol–water partition coefficient (Wildman–Crippen LogP) is 5.04. The lowest BCUT2D eigenvalue weighted by molar-refractivity contribution is 0.102. The number of carbonyl (C=O) groups excluding carboxylic acids is 1. The molecule has 2 aromatic carbocycles. The van der Waals surface area contributed by atoms with E-state index in [1.165, 1.54) is 0 Å². The van der Waals surface area contributed by atoms with E-state index in [4.69, 9.17) is 19.0 Å². The average Bonchev–Trinajstić information content (AvgIpc) is 3.17. The monoisotopic (exact) mass is 427 g/mol. The highest BCUT2D eigenvalue weighted by atomic mass is 16.6. The fourth-order valence-corrected chi connectivity index (χ4v) is 3.68. The van der Waals surface area contributed by atoms with Crippen LogP contribution < -0.4 is 14.8 Å².